The van der Waals surface area contributed by atoms with Crippen molar-refractivity contribution in [1.82, 2.24) is 4.90 Å². The minimum absolute atomic E-state index is 0.193. The van der Waals surface area contributed by atoms with Crippen molar-refractivity contribution in [2.24, 2.45) is 0 Å². The summed E-state index contributed by atoms with van der Waals surface area (Å²) in [5.41, 5.74) is 5.37. The zero-order chi connectivity index (χ0) is 28.2. The molecule has 0 spiro atoms. The quantitative estimate of drug-likeness (QED) is 0.108. The van der Waals surface area contributed by atoms with E-state index < -0.39 is 0 Å². The first-order valence-electron chi connectivity index (χ1n) is 15.3. The van der Waals surface area contributed by atoms with Gasteiger partial charge in [-0.05, 0) is 66.1 Å². The third-order valence-corrected chi connectivity index (χ3v) is 10.2. The van der Waals surface area contributed by atoms with E-state index in [-0.39, 0.29) is 4.75 Å². The Hall–Kier alpha value is -2.72. The first kappa shape index (κ1) is 29.8. The van der Waals surface area contributed by atoms with E-state index in [1.54, 1.807) is 0 Å². The van der Waals surface area contributed by atoms with E-state index in [1.165, 1.54) is 67.4 Å². The van der Waals surface area contributed by atoms with Crippen molar-refractivity contribution in [2.45, 2.75) is 43.3 Å². The molecule has 0 aliphatic carbocycles. The SMILES string of the molecule is Clc1ccc(N2CCN(CCCCCCCCSC(c3ccccc3)(c3ccccc3)c3ccccc3)CC2)cc1. The normalized spacial score (nSPS) is 14.3. The first-order valence-corrected chi connectivity index (χ1v) is 16.7. The Morgan fingerprint density at radius 1 is 0.537 bits per heavy atom. The fourth-order valence-corrected chi connectivity index (χ4v) is 7.71. The van der Waals surface area contributed by atoms with Gasteiger partial charge in [-0.15, -0.1) is 11.8 Å². The summed E-state index contributed by atoms with van der Waals surface area (Å²) in [5.74, 6) is 1.15. The fraction of sp³-hybridized carbons (Fsp3) is 0.351. The Labute approximate surface area is 256 Å². The Morgan fingerprint density at radius 3 is 1.51 bits per heavy atom. The summed E-state index contributed by atoms with van der Waals surface area (Å²) < 4.78 is -0.193. The molecule has 0 saturated carbocycles. The van der Waals surface area contributed by atoms with Crippen LogP contribution < -0.4 is 4.90 Å². The van der Waals surface area contributed by atoms with Gasteiger partial charge in [-0.1, -0.05) is 128 Å². The van der Waals surface area contributed by atoms with Crippen molar-refractivity contribution in [3.63, 3.8) is 0 Å². The standard InChI is InChI=1S/C37H43ClN2S/c38-35-22-24-36(25-23-35)40-29-27-39(28-30-40)26-14-3-1-2-4-15-31-41-37(32-16-8-5-9-17-32,33-18-10-6-11-19-33)34-20-12-7-13-21-34/h5-13,16-25H,1-4,14-15,26-31H2. The highest BCUT2D eigenvalue weighted by atomic mass is 35.5. The van der Waals surface area contributed by atoms with Gasteiger partial charge < -0.3 is 4.90 Å². The van der Waals surface area contributed by atoms with Crippen LogP contribution in [0.3, 0.4) is 0 Å². The molecule has 0 N–H and O–H groups in total. The van der Waals surface area contributed by atoms with Crippen LogP contribution >= 0.6 is 23.4 Å². The molecule has 214 valence electrons. The molecule has 0 amide bonds. The Kier molecular flexibility index (Phi) is 11.2. The van der Waals surface area contributed by atoms with Gasteiger partial charge in [0.25, 0.3) is 0 Å². The summed E-state index contributed by atoms with van der Waals surface area (Å²) in [6.07, 6.45) is 7.89. The van der Waals surface area contributed by atoms with E-state index in [0.29, 0.717) is 0 Å². The second kappa shape index (κ2) is 15.5. The molecule has 0 radical (unpaired) electrons. The summed E-state index contributed by atoms with van der Waals surface area (Å²) in [5, 5.41) is 0.811. The van der Waals surface area contributed by atoms with E-state index in [9.17, 15) is 0 Å². The third kappa shape index (κ3) is 7.97. The molecule has 5 rings (SSSR count). The van der Waals surface area contributed by atoms with E-state index >= 15 is 0 Å². The fourth-order valence-electron chi connectivity index (χ4n) is 6.02. The predicted molar refractivity (Wildman–Crippen MR) is 179 cm³/mol. The van der Waals surface area contributed by atoms with Crippen molar-refractivity contribution in [1.29, 1.82) is 0 Å². The van der Waals surface area contributed by atoms with Crippen LogP contribution in [0.2, 0.25) is 5.02 Å². The number of rotatable bonds is 14. The summed E-state index contributed by atoms with van der Waals surface area (Å²) in [6.45, 7) is 5.77. The molecule has 0 bridgehead atoms. The van der Waals surface area contributed by atoms with Gasteiger partial charge in [-0.2, -0.15) is 0 Å². The highest BCUT2D eigenvalue weighted by molar-refractivity contribution is 8.00. The highest BCUT2D eigenvalue weighted by Crippen LogP contribution is 2.48. The Balaban J connectivity index is 1.05. The van der Waals surface area contributed by atoms with E-state index in [1.807, 2.05) is 12.1 Å². The maximum Gasteiger partial charge on any atom is 0.0906 e. The molecule has 1 aliphatic rings. The Morgan fingerprint density at radius 2 is 1.00 bits per heavy atom. The van der Waals surface area contributed by atoms with E-state index in [0.717, 1.165) is 37.0 Å². The van der Waals surface area contributed by atoms with Gasteiger partial charge in [0, 0.05) is 36.9 Å². The van der Waals surface area contributed by atoms with Crippen LogP contribution in [0.25, 0.3) is 0 Å². The molecular weight excluding hydrogens is 540 g/mol. The smallest absolute Gasteiger partial charge is 0.0906 e. The molecule has 1 saturated heterocycles. The Bertz CT molecular complexity index is 1180. The van der Waals surface area contributed by atoms with Crippen molar-refractivity contribution < 1.29 is 0 Å². The highest BCUT2D eigenvalue weighted by Gasteiger charge is 2.36. The van der Waals surface area contributed by atoms with Crippen molar-refractivity contribution in [2.75, 3.05) is 43.4 Å². The number of halogens is 1. The second-order valence-corrected chi connectivity index (χ2v) is 12.8. The van der Waals surface area contributed by atoms with Crippen LogP contribution in [0.1, 0.15) is 55.2 Å². The summed E-state index contributed by atoms with van der Waals surface area (Å²) in [7, 11) is 0. The first-order chi connectivity index (χ1) is 20.3. The summed E-state index contributed by atoms with van der Waals surface area (Å²) in [4.78, 5) is 5.12. The number of unbranched alkanes of at least 4 members (excludes halogenated alkanes) is 5. The van der Waals surface area contributed by atoms with Gasteiger partial charge in [0.2, 0.25) is 0 Å². The van der Waals surface area contributed by atoms with Gasteiger partial charge in [-0.3, -0.25) is 4.90 Å². The van der Waals surface area contributed by atoms with Crippen molar-refractivity contribution in [3.8, 4) is 0 Å². The predicted octanol–water partition coefficient (Wildman–Crippen LogP) is 9.53. The molecule has 1 aliphatic heterocycles. The molecule has 0 unspecified atom stereocenters. The third-order valence-electron chi connectivity index (χ3n) is 8.29. The molecule has 2 nitrogen and oxygen atoms in total. The largest absolute Gasteiger partial charge is 0.369 e. The minimum Gasteiger partial charge on any atom is -0.369 e. The average Bonchev–Trinajstić information content (AvgIpc) is 3.04. The zero-order valence-corrected chi connectivity index (χ0v) is 25.7. The lowest BCUT2D eigenvalue weighted by Crippen LogP contribution is -2.46. The van der Waals surface area contributed by atoms with Crippen molar-refractivity contribution >= 4 is 29.1 Å². The zero-order valence-electron chi connectivity index (χ0n) is 24.1. The van der Waals surface area contributed by atoms with Crippen LogP contribution in [-0.4, -0.2) is 43.4 Å². The minimum atomic E-state index is -0.193. The molecule has 0 atom stereocenters. The number of nitrogens with zero attached hydrogens (tertiary/aromatic N) is 2. The molecule has 1 heterocycles. The molecule has 4 aromatic carbocycles. The van der Waals surface area contributed by atoms with Crippen molar-refractivity contribution in [3.05, 3.63) is 137 Å². The van der Waals surface area contributed by atoms with Gasteiger partial charge >= 0.3 is 0 Å². The lowest BCUT2D eigenvalue weighted by Gasteiger charge is -2.36. The topological polar surface area (TPSA) is 6.48 Å². The monoisotopic (exact) mass is 582 g/mol. The van der Waals surface area contributed by atoms with Crippen LogP contribution in [0.5, 0.6) is 0 Å². The number of anilines is 1. The second-order valence-electron chi connectivity index (χ2n) is 11.1. The van der Waals surface area contributed by atoms with Crippen LogP contribution in [0, 0.1) is 0 Å². The van der Waals surface area contributed by atoms with Gasteiger partial charge in [0.1, 0.15) is 0 Å². The molecule has 1 fully saturated rings. The number of benzene rings is 4. The van der Waals surface area contributed by atoms with E-state index in [2.05, 4.69) is 125 Å². The van der Waals surface area contributed by atoms with Gasteiger partial charge in [-0.25, -0.2) is 0 Å². The molecule has 41 heavy (non-hydrogen) atoms. The lowest BCUT2D eigenvalue weighted by atomic mass is 9.84. The van der Waals surface area contributed by atoms with Crippen LogP contribution in [0.15, 0.2) is 115 Å². The van der Waals surface area contributed by atoms with E-state index in [4.69, 9.17) is 11.6 Å². The molecule has 0 aromatic heterocycles. The summed E-state index contributed by atoms with van der Waals surface area (Å²) >= 11 is 8.15. The van der Waals surface area contributed by atoms with Crippen LogP contribution in [-0.2, 0) is 4.75 Å². The number of hydrogen-bond acceptors (Lipinski definition) is 3. The lowest BCUT2D eigenvalue weighted by molar-refractivity contribution is 0.252. The maximum absolute atomic E-state index is 6.05. The summed E-state index contributed by atoms with van der Waals surface area (Å²) in [6, 6.07) is 41.5. The van der Waals surface area contributed by atoms with Crippen LogP contribution in [0.4, 0.5) is 5.69 Å². The van der Waals surface area contributed by atoms with Gasteiger partial charge in [0.15, 0.2) is 0 Å². The molecule has 4 aromatic rings. The molecule has 4 heteroatoms. The number of hydrogen-bond donors (Lipinski definition) is 0. The number of piperazine rings is 1. The van der Waals surface area contributed by atoms with Gasteiger partial charge in [0.05, 0.1) is 4.75 Å². The maximum atomic E-state index is 6.05. The number of thioether (sulfide) groups is 1. The molecular formula is C37H43ClN2S. The average molecular weight is 583 g/mol.